The van der Waals surface area contributed by atoms with Gasteiger partial charge in [0.1, 0.15) is 5.82 Å². The summed E-state index contributed by atoms with van der Waals surface area (Å²) in [6, 6.07) is 3.55. The van der Waals surface area contributed by atoms with Gasteiger partial charge >= 0.3 is 0 Å². The Hall–Kier alpha value is -0.990. The normalized spacial score (nSPS) is 13.0. The summed E-state index contributed by atoms with van der Waals surface area (Å²) in [5.74, 6) is -3.61. The summed E-state index contributed by atoms with van der Waals surface area (Å²) >= 11 is 0. The van der Waals surface area contributed by atoms with Crippen LogP contribution in [0.4, 0.5) is 13.2 Å². The van der Waals surface area contributed by atoms with E-state index in [1.807, 2.05) is 20.8 Å². The minimum atomic E-state index is -3.00. The van der Waals surface area contributed by atoms with Crippen molar-refractivity contribution in [1.29, 1.82) is 0 Å². The van der Waals surface area contributed by atoms with Crippen molar-refractivity contribution < 1.29 is 13.2 Å². The van der Waals surface area contributed by atoms with Gasteiger partial charge in [-0.05, 0) is 29.2 Å². The third kappa shape index (κ3) is 2.98. The van der Waals surface area contributed by atoms with Gasteiger partial charge in [0, 0.05) is 12.5 Å². The fourth-order valence-corrected chi connectivity index (χ4v) is 1.28. The van der Waals surface area contributed by atoms with Crippen molar-refractivity contribution in [3.8, 4) is 0 Å². The highest BCUT2D eigenvalue weighted by Crippen LogP contribution is 2.31. The van der Waals surface area contributed by atoms with E-state index in [0.717, 1.165) is 13.0 Å². The van der Waals surface area contributed by atoms with E-state index in [2.05, 4.69) is 0 Å². The molecule has 0 fully saturated rings. The summed E-state index contributed by atoms with van der Waals surface area (Å²) < 4.78 is 39.2. The molecule has 1 aromatic rings. The lowest BCUT2D eigenvalue weighted by Gasteiger charge is -2.21. The van der Waals surface area contributed by atoms with Crippen LogP contribution in [0.1, 0.15) is 38.8 Å². The Morgan fingerprint density at radius 2 is 1.33 bits per heavy atom. The van der Waals surface area contributed by atoms with Gasteiger partial charge in [-0.25, -0.2) is 13.2 Å². The lowest BCUT2D eigenvalue weighted by molar-refractivity contribution is 0.0170. The van der Waals surface area contributed by atoms with E-state index in [1.165, 1.54) is 12.1 Å². The molecule has 15 heavy (non-hydrogen) atoms. The monoisotopic (exact) mass is 216 g/mol. The first-order chi connectivity index (χ1) is 6.60. The molecular formula is C12H15F3. The predicted octanol–water partition coefficient (Wildman–Crippen LogP) is 4.23. The highest BCUT2D eigenvalue weighted by atomic mass is 19.3. The molecule has 3 heteroatoms. The van der Waals surface area contributed by atoms with E-state index >= 15 is 0 Å². The number of benzene rings is 1. The van der Waals surface area contributed by atoms with Crippen molar-refractivity contribution in [2.75, 3.05) is 0 Å². The maximum absolute atomic E-state index is 13.2. The SMILES string of the molecule is CC(C)(C)c1cc(F)cc(C(C)(F)F)c1. The number of hydrogen-bond acceptors (Lipinski definition) is 0. The molecule has 0 atom stereocenters. The van der Waals surface area contributed by atoms with Gasteiger partial charge in [-0.2, -0.15) is 0 Å². The van der Waals surface area contributed by atoms with Gasteiger partial charge in [0.15, 0.2) is 0 Å². The summed E-state index contributed by atoms with van der Waals surface area (Å²) in [6.07, 6.45) is 0. The molecule has 0 saturated carbocycles. The Morgan fingerprint density at radius 3 is 1.73 bits per heavy atom. The van der Waals surface area contributed by atoms with Gasteiger partial charge in [-0.3, -0.25) is 0 Å². The molecule has 84 valence electrons. The predicted molar refractivity (Wildman–Crippen MR) is 54.7 cm³/mol. The second-order valence-corrected chi connectivity index (χ2v) is 4.87. The molecule has 0 amide bonds. The summed E-state index contributed by atoms with van der Waals surface area (Å²) in [5, 5.41) is 0. The summed E-state index contributed by atoms with van der Waals surface area (Å²) in [5.41, 5.74) is -0.0197. The van der Waals surface area contributed by atoms with Crippen molar-refractivity contribution in [1.82, 2.24) is 0 Å². The first-order valence-corrected chi connectivity index (χ1v) is 4.80. The average Bonchev–Trinajstić information content (AvgIpc) is 1.99. The van der Waals surface area contributed by atoms with Gasteiger partial charge in [-0.15, -0.1) is 0 Å². The molecule has 0 radical (unpaired) electrons. The number of rotatable bonds is 1. The maximum Gasteiger partial charge on any atom is 0.270 e. The van der Waals surface area contributed by atoms with Crippen molar-refractivity contribution in [2.24, 2.45) is 0 Å². The third-order valence-electron chi connectivity index (χ3n) is 2.27. The van der Waals surface area contributed by atoms with Crippen LogP contribution in [0, 0.1) is 5.82 Å². The quantitative estimate of drug-likeness (QED) is 0.658. The first kappa shape index (κ1) is 12.1. The van der Waals surface area contributed by atoms with Crippen molar-refractivity contribution in [2.45, 2.75) is 39.0 Å². The van der Waals surface area contributed by atoms with Crippen LogP contribution in [0.2, 0.25) is 0 Å². The molecule has 1 aromatic carbocycles. The fourth-order valence-electron chi connectivity index (χ4n) is 1.28. The van der Waals surface area contributed by atoms with Gasteiger partial charge in [0.2, 0.25) is 0 Å². The van der Waals surface area contributed by atoms with Gasteiger partial charge < -0.3 is 0 Å². The molecule has 0 heterocycles. The number of halogens is 3. The molecule has 0 spiro atoms. The Bertz CT molecular complexity index is 324. The first-order valence-electron chi connectivity index (χ1n) is 4.80. The maximum atomic E-state index is 13.2. The molecule has 0 N–H and O–H groups in total. The standard InChI is InChI=1S/C12H15F3/c1-11(2,3)8-5-9(12(4,14)15)7-10(13)6-8/h5-7H,1-4H3. The van der Waals surface area contributed by atoms with Crippen LogP contribution in [0.3, 0.4) is 0 Å². The van der Waals surface area contributed by atoms with E-state index in [1.54, 1.807) is 0 Å². The summed E-state index contributed by atoms with van der Waals surface area (Å²) in [6.45, 7) is 6.35. The van der Waals surface area contributed by atoms with Crippen LogP contribution in [0.25, 0.3) is 0 Å². The second kappa shape index (κ2) is 3.54. The molecule has 1 rings (SSSR count). The zero-order chi connectivity index (χ0) is 11.9. The lowest BCUT2D eigenvalue weighted by atomic mass is 9.85. The Balaban J connectivity index is 3.30. The summed E-state index contributed by atoms with van der Waals surface area (Å²) in [7, 11) is 0. The van der Waals surface area contributed by atoms with Gasteiger partial charge in [0.05, 0.1) is 0 Å². The zero-order valence-corrected chi connectivity index (χ0v) is 9.37. The van der Waals surface area contributed by atoms with Gasteiger partial charge in [0.25, 0.3) is 5.92 Å². The van der Waals surface area contributed by atoms with E-state index in [0.29, 0.717) is 5.56 Å². The molecule has 0 saturated heterocycles. The van der Waals surface area contributed by atoms with E-state index < -0.39 is 11.7 Å². The highest BCUT2D eigenvalue weighted by molar-refractivity contribution is 5.31. The smallest absolute Gasteiger partial charge is 0.207 e. The van der Waals surface area contributed by atoms with Crippen LogP contribution >= 0.6 is 0 Å². The van der Waals surface area contributed by atoms with Crippen LogP contribution in [-0.2, 0) is 11.3 Å². The zero-order valence-electron chi connectivity index (χ0n) is 9.37. The average molecular weight is 216 g/mol. The largest absolute Gasteiger partial charge is 0.270 e. The molecule has 0 nitrogen and oxygen atoms in total. The van der Waals surface area contributed by atoms with Crippen molar-refractivity contribution >= 4 is 0 Å². The van der Waals surface area contributed by atoms with Crippen molar-refractivity contribution in [3.63, 3.8) is 0 Å². The van der Waals surface area contributed by atoms with Crippen molar-refractivity contribution in [3.05, 3.63) is 35.1 Å². The number of alkyl halides is 2. The topological polar surface area (TPSA) is 0 Å². The second-order valence-electron chi connectivity index (χ2n) is 4.87. The number of hydrogen-bond donors (Lipinski definition) is 0. The Labute approximate surface area is 88.1 Å². The molecule has 0 unspecified atom stereocenters. The van der Waals surface area contributed by atoms with Crippen LogP contribution in [-0.4, -0.2) is 0 Å². The molecule has 0 aliphatic carbocycles. The molecule has 0 bridgehead atoms. The van der Waals surface area contributed by atoms with Crippen LogP contribution in [0.15, 0.2) is 18.2 Å². The van der Waals surface area contributed by atoms with Crippen LogP contribution < -0.4 is 0 Å². The minimum absolute atomic E-state index is 0.271. The molecule has 0 aliphatic rings. The minimum Gasteiger partial charge on any atom is -0.207 e. The third-order valence-corrected chi connectivity index (χ3v) is 2.27. The van der Waals surface area contributed by atoms with Crippen LogP contribution in [0.5, 0.6) is 0 Å². The molecular weight excluding hydrogens is 201 g/mol. The molecule has 0 aliphatic heterocycles. The lowest BCUT2D eigenvalue weighted by Crippen LogP contribution is -2.15. The van der Waals surface area contributed by atoms with E-state index in [9.17, 15) is 13.2 Å². The Kier molecular flexibility index (Phi) is 2.85. The van der Waals surface area contributed by atoms with E-state index in [-0.39, 0.29) is 11.0 Å². The summed E-state index contributed by atoms with van der Waals surface area (Å²) in [4.78, 5) is 0. The molecule has 0 aromatic heterocycles. The fraction of sp³-hybridized carbons (Fsp3) is 0.500. The highest BCUT2D eigenvalue weighted by Gasteiger charge is 2.27. The van der Waals surface area contributed by atoms with Gasteiger partial charge in [-0.1, -0.05) is 20.8 Å². The van der Waals surface area contributed by atoms with E-state index in [4.69, 9.17) is 0 Å². The Morgan fingerprint density at radius 1 is 0.867 bits per heavy atom.